The molecule has 0 aliphatic carbocycles. The van der Waals surface area contributed by atoms with E-state index >= 15 is 0 Å². The summed E-state index contributed by atoms with van der Waals surface area (Å²) in [6, 6.07) is 6.99. The molecule has 0 saturated heterocycles. The second-order valence-corrected chi connectivity index (χ2v) is 6.51. The second-order valence-electron chi connectivity index (χ2n) is 5.34. The molecule has 0 amide bonds. The Morgan fingerprint density at radius 1 is 1.59 bits per heavy atom. The fraction of sp³-hybridized carbons (Fsp3) is 0.267. The van der Waals surface area contributed by atoms with E-state index in [9.17, 15) is 4.79 Å². The Kier molecular flexibility index (Phi) is 3.87. The molecule has 1 unspecified atom stereocenters. The molecule has 0 N–H and O–H groups in total. The summed E-state index contributed by atoms with van der Waals surface area (Å²) in [7, 11) is 0. The minimum atomic E-state index is -0.522. The van der Waals surface area contributed by atoms with Crippen molar-refractivity contribution < 1.29 is 9.53 Å². The summed E-state index contributed by atoms with van der Waals surface area (Å²) in [6.07, 6.45) is 2.16. The number of carbonyl (C=O) groups is 1. The predicted molar refractivity (Wildman–Crippen MR) is 89.7 cm³/mol. The first-order valence-corrected chi connectivity index (χ1v) is 8.43. The number of rotatable bonds is 2. The molecule has 0 spiro atoms. The van der Waals surface area contributed by atoms with E-state index in [0.29, 0.717) is 32.8 Å². The second kappa shape index (κ2) is 5.56. The Hall–Kier alpha value is -1.59. The zero-order valence-corrected chi connectivity index (χ0v) is 14.6. The van der Waals surface area contributed by atoms with Crippen molar-refractivity contribution in [3.8, 4) is 11.8 Å². The summed E-state index contributed by atoms with van der Waals surface area (Å²) >= 11 is 8.26. The third kappa shape index (κ3) is 2.48. The summed E-state index contributed by atoms with van der Waals surface area (Å²) in [5.41, 5.74) is 1.68. The Labute approximate surface area is 146 Å². The molecular weight excluding hydrogens is 417 g/mol. The number of aromatic nitrogens is 2. The number of nitriles is 1. The standard InChI is InChI=1S/C15H11ClIN3O2/c1-15(7-17)5-12-13(14(21)22-15)20(8-19-12)10-3-2-9(6-18)11(16)4-10/h2-4,8H,5,7H2,1H3. The fourth-order valence-electron chi connectivity index (χ4n) is 2.41. The number of imidazole rings is 1. The van der Waals surface area contributed by atoms with Gasteiger partial charge in [0.25, 0.3) is 0 Å². The van der Waals surface area contributed by atoms with Crippen LogP contribution in [0.25, 0.3) is 5.69 Å². The molecule has 0 bridgehead atoms. The van der Waals surface area contributed by atoms with Crippen LogP contribution in [-0.4, -0.2) is 25.5 Å². The maximum absolute atomic E-state index is 12.4. The van der Waals surface area contributed by atoms with E-state index in [1.807, 2.05) is 13.0 Å². The quantitative estimate of drug-likeness (QED) is 0.419. The minimum Gasteiger partial charge on any atom is -0.453 e. The van der Waals surface area contributed by atoms with Crippen molar-refractivity contribution in [3.63, 3.8) is 0 Å². The number of carbonyl (C=O) groups excluding carboxylic acids is 1. The van der Waals surface area contributed by atoms with E-state index in [0.717, 1.165) is 5.69 Å². The van der Waals surface area contributed by atoms with E-state index in [-0.39, 0.29) is 0 Å². The average Bonchev–Trinajstić information content (AvgIpc) is 2.91. The predicted octanol–water partition coefficient (Wildman–Crippen LogP) is 3.30. The van der Waals surface area contributed by atoms with E-state index in [4.69, 9.17) is 21.6 Å². The number of alkyl halides is 1. The van der Waals surface area contributed by atoms with Crippen molar-refractivity contribution >= 4 is 40.2 Å². The van der Waals surface area contributed by atoms with Crippen LogP contribution in [0.2, 0.25) is 5.02 Å². The number of halogens is 2. The summed E-state index contributed by atoms with van der Waals surface area (Å²) in [4.78, 5) is 16.7. The molecule has 0 saturated carbocycles. The van der Waals surface area contributed by atoms with Gasteiger partial charge in [0.1, 0.15) is 18.0 Å². The largest absolute Gasteiger partial charge is 0.453 e. The lowest BCUT2D eigenvalue weighted by Gasteiger charge is -2.31. The van der Waals surface area contributed by atoms with Crippen LogP contribution in [0, 0.1) is 11.3 Å². The highest BCUT2D eigenvalue weighted by Gasteiger charge is 2.38. The SMILES string of the molecule is CC1(CI)Cc2ncn(-c3ccc(C#N)c(Cl)c3)c2C(=O)O1. The van der Waals surface area contributed by atoms with Crippen LogP contribution in [0.1, 0.15) is 28.7 Å². The zero-order chi connectivity index (χ0) is 15.9. The topological polar surface area (TPSA) is 67.9 Å². The van der Waals surface area contributed by atoms with Gasteiger partial charge in [0.2, 0.25) is 0 Å². The fourth-order valence-corrected chi connectivity index (χ4v) is 3.05. The number of benzene rings is 1. The van der Waals surface area contributed by atoms with Crippen LogP contribution in [0.15, 0.2) is 24.5 Å². The van der Waals surface area contributed by atoms with Crippen molar-refractivity contribution in [2.75, 3.05) is 4.43 Å². The van der Waals surface area contributed by atoms with Gasteiger partial charge in [0, 0.05) is 16.5 Å². The van der Waals surface area contributed by atoms with E-state index in [1.54, 1.807) is 29.1 Å². The molecular formula is C15H11ClIN3O2. The first kappa shape index (κ1) is 15.3. The lowest BCUT2D eigenvalue weighted by molar-refractivity contribution is -0.00457. The van der Waals surface area contributed by atoms with E-state index in [1.165, 1.54) is 0 Å². The summed E-state index contributed by atoms with van der Waals surface area (Å²) in [6.45, 7) is 1.90. The minimum absolute atomic E-state index is 0.337. The first-order chi connectivity index (χ1) is 10.5. The van der Waals surface area contributed by atoms with Crippen molar-refractivity contribution in [1.82, 2.24) is 9.55 Å². The number of ether oxygens (including phenoxy) is 1. The smallest absolute Gasteiger partial charge is 0.357 e. The van der Waals surface area contributed by atoms with Crippen LogP contribution >= 0.6 is 34.2 Å². The number of nitrogens with zero attached hydrogens (tertiary/aromatic N) is 3. The summed E-state index contributed by atoms with van der Waals surface area (Å²) in [5.74, 6) is -0.390. The van der Waals surface area contributed by atoms with E-state index < -0.39 is 11.6 Å². The van der Waals surface area contributed by atoms with Gasteiger partial charge >= 0.3 is 5.97 Å². The van der Waals surface area contributed by atoms with Gasteiger partial charge in [-0.2, -0.15) is 5.26 Å². The monoisotopic (exact) mass is 427 g/mol. The molecule has 1 aliphatic rings. The van der Waals surface area contributed by atoms with Crippen LogP contribution in [0.5, 0.6) is 0 Å². The molecule has 2 heterocycles. The molecule has 1 aliphatic heterocycles. The Morgan fingerprint density at radius 2 is 2.36 bits per heavy atom. The molecule has 0 fully saturated rings. The van der Waals surface area contributed by atoms with Crippen molar-refractivity contribution in [2.45, 2.75) is 18.9 Å². The highest BCUT2D eigenvalue weighted by Crippen LogP contribution is 2.31. The average molecular weight is 428 g/mol. The molecule has 7 heteroatoms. The lowest BCUT2D eigenvalue weighted by atomic mass is 9.98. The maximum atomic E-state index is 12.4. The molecule has 22 heavy (non-hydrogen) atoms. The van der Waals surface area contributed by atoms with Gasteiger partial charge in [-0.25, -0.2) is 9.78 Å². The van der Waals surface area contributed by atoms with Crippen molar-refractivity contribution in [3.05, 3.63) is 46.5 Å². The molecule has 1 atom stereocenters. The normalized spacial score (nSPS) is 20.2. The lowest BCUT2D eigenvalue weighted by Crippen LogP contribution is -2.41. The number of hydrogen-bond acceptors (Lipinski definition) is 4. The van der Waals surface area contributed by atoms with Crippen LogP contribution in [0.3, 0.4) is 0 Å². The summed E-state index contributed by atoms with van der Waals surface area (Å²) in [5, 5.41) is 9.27. The third-order valence-corrected chi connectivity index (χ3v) is 5.48. The van der Waals surface area contributed by atoms with Crippen molar-refractivity contribution in [2.24, 2.45) is 0 Å². The number of hydrogen-bond donors (Lipinski definition) is 0. The molecule has 1 aromatic heterocycles. The number of esters is 1. The zero-order valence-electron chi connectivity index (χ0n) is 11.6. The van der Waals surface area contributed by atoms with Gasteiger partial charge in [-0.1, -0.05) is 34.2 Å². The highest BCUT2D eigenvalue weighted by atomic mass is 127. The highest BCUT2D eigenvalue weighted by molar-refractivity contribution is 14.1. The Bertz CT molecular complexity index is 812. The third-order valence-electron chi connectivity index (χ3n) is 3.55. The summed E-state index contributed by atoms with van der Waals surface area (Å²) < 4.78 is 7.90. The van der Waals surface area contributed by atoms with Crippen LogP contribution in [0.4, 0.5) is 0 Å². The molecule has 112 valence electrons. The van der Waals surface area contributed by atoms with Gasteiger partial charge < -0.3 is 4.74 Å². The van der Waals surface area contributed by atoms with E-state index in [2.05, 4.69) is 27.6 Å². The Morgan fingerprint density at radius 3 is 3.00 bits per heavy atom. The van der Waals surface area contributed by atoms with Crippen LogP contribution < -0.4 is 0 Å². The van der Waals surface area contributed by atoms with Crippen molar-refractivity contribution in [1.29, 1.82) is 5.26 Å². The molecule has 2 aromatic rings. The molecule has 5 nitrogen and oxygen atoms in total. The van der Waals surface area contributed by atoms with Gasteiger partial charge in [0.05, 0.1) is 16.3 Å². The molecule has 1 aromatic carbocycles. The maximum Gasteiger partial charge on any atom is 0.357 e. The Balaban J connectivity index is 2.08. The van der Waals surface area contributed by atoms with Gasteiger partial charge in [-0.05, 0) is 25.1 Å². The van der Waals surface area contributed by atoms with Gasteiger partial charge in [-0.3, -0.25) is 4.57 Å². The molecule has 3 rings (SSSR count). The number of fused-ring (bicyclic) bond motifs is 1. The van der Waals surface area contributed by atoms with Gasteiger partial charge in [-0.15, -0.1) is 0 Å². The van der Waals surface area contributed by atoms with Gasteiger partial charge in [0.15, 0.2) is 5.69 Å². The van der Waals surface area contributed by atoms with Crippen LogP contribution in [-0.2, 0) is 11.2 Å². The molecule has 0 radical (unpaired) electrons. The number of cyclic esters (lactones) is 1. The first-order valence-electron chi connectivity index (χ1n) is 6.53.